The minimum absolute atomic E-state index is 0.0686. The zero-order chi connectivity index (χ0) is 20.9. The molecule has 4 aromatic rings. The maximum absolute atomic E-state index is 12.7. The van der Waals surface area contributed by atoms with Gasteiger partial charge in [-0.2, -0.15) is 0 Å². The van der Waals surface area contributed by atoms with E-state index in [0.717, 1.165) is 32.7 Å². The van der Waals surface area contributed by atoms with Gasteiger partial charge in [-0.3, -0.25) is 4.79 Å². The highest BCUT2D eigenvalue weighted by Crippen LogP contribution is 2.33. The van der Waals surface area contributed by atoms with Gasteiger partial charge in [0, 0.05) is 22.1 Å². The average molecular weight is 461 g/mol. The van der Waals surface area contributed by atoms with Crippen LogP contribution in [-0.4, -0.2) is 15.5 Å². The third-order valence-electron chi connectivity index (χ3n) is 4.77. The van der Waals surface area contributed by atoms with Crippen molar-refractivity contribution in [1.29, 1.82) is 0 Å². The van der Waals surface area contributed by atoms with Gasteiger partial charge < -0.3 is 15.6 Å². The molecule has 0 aliphatic heterocycles. The molecule has 1 amide bonds. The van der Waals surface area contributed by atoms with Crippen LogP contribution in [0, 0.1) is 0 Å². The SMILES string of the molecule is Nc1nc(Cc2ccccc2)c(-c2ccccc2Br)n1CC(=O)Nc1ccccc1. The van der Waals surface area contributed by atoms with Gasteiger partial charge in [0.1, 0.15) is 6.54 Å². The number of nitrogens with one attached hydrogen (secondary N) is 1. The van der Waals surface area contributed by atoms with Gasteiger partial charge in [-0.05, 0) is 23.8 Å². The van der Waals surface area contributed by atoms with E-state index in [9.17, 15) is 4.79 Å². The van der Waals surface area contributed by atoms with Crippen molar-refractivity contribution < 1.29 is 4.79 Å². The highest BCUT2D eigenvalue weighted by molar-refractivity contribution is 9.10. The number of halogens is 1. The van der Waals surface area contributed by atoms with Crippen LogP contribution in [0.15, 0.2) is 89.4 Å². The smallest absolute Gasteiger partial charge is 0.244 e. The number of para-hydroxylation sites is 1. The molecule has 0 radical (unpaired) electrons. The van der Waals surface area contributed by atoms with Crippen LogP contribution in [0.4, 0.5) is 11.6 Å². The molecular weight excluding hydrogens is 440 g/mol. The summed E-state index contributed by atoms with van der Waals surface area (Å²) in [7, 11) is 0. The number of benzene rings is 3. The van der Waals surface area contributed by atoms with Crippen molar-refractivity contribution in [3.05, 3.63) is 101 Å². The Morgan fingerprint density at radius 2 is 1.57 bits per heavy atom. The van der Waals surface area contributed by atoms with E-state index in [1.54, 1.807) is 4.57 Å². The van der Waals surface area contributed by atoms with E-state index in [4.69, 9.17) is 5.73 Å². The van der Waals surface area contributed by atoms with Crippen LogP contribution in [0.2, 0.25) is 0 Å². The first-order valence-electron chi connectivity index (χ1n) is 9.60. The zero-order valence-electron chi connectivity index (χ0n) is 16.3. The first-order chi connectivity index (χ1) is 14.6. The number of hydrogen-bond donors (Lipinski definition) is 2. The zero-order valence-corrected chi connectivity index (χ0v) is 17.8. The van der Waals surface area contributed by atoms with E-state index in [-0.39, 0.29) is 12.5 Å². The summed E-state index contributed by atoms with van der Waals surface area (Å²) >= 11 is 3.63. The summed E-state index contributed by atoms with van der Waals surface area (Å²) in [6, 6.07) is 27.4. The van der Waals surface area contributed by atoms with E-state index >= 15 is 0 Å². The number of imidazole rings is 1. The van der Waals surface area contributed by atoms with Gasteiger partial charge in [0.2, 0.25) is 11.9 Å². The fourth-order valence-electron chi connectivity index (χ4n) is 3.41. The summed E-state index contributed by atoms with van der Waals surface area (Å²) in [6.45, 7) is 0.0686. The Labute approximate surface area is 183 Å². The molecule has 150 valence electrons. The second kappa shape index (κ2) is 8.97. The number of carbonyl (C=O) groups is 1. The number of hydrogen-bond acceptors (Lipinski definition) is 3. The summed E-state index contributed by atoms with van der Waals surface area (Å²) in [5, 5.41) is 2.92. The van der Waals surface area contributed by atoms with Gasteiger partial charge in [0.05, 0.1) is 11.4 Å². The highest BCUT2D eigenvalue weighted by atomic mass is 79.9. The Morgan fingerprint density at radius 3 is 2.27 bits per heavy atom. The molecule has 0 fully saturated rings. The number of anilines is 2. The number of amides is 1. The van der Waals surface area contributed by atoms with Crippen molar-refractivity contribution in [2.24, 2.45) is 0 Å². The predicted octanol–water partition coefficient (Wildman–Crippen LogP) is 5.12. The second-order valence-corrected chi connectivity index (χ2v) is 7.76. The third-order valence-corrected chi connectivity index (χ3v) is 5.46. The lowest BCUT2D eigenvalue weighted by molar-refractivity contribution is -0.116. The van der Waals surface area contributed by atoms with Crippen molar-refractivity contribution in [3.8, 4) is 11.3 Å². The van der Waals surface area contributed by atoms with E-state index < -0.39 is 0 Å². The lowest BCUT2D eigenvalue weighted by Crippen LogP contribution is -2.20. The predicted molar refractivity (Wildman–Crippen MR) is 124 cm³/mol. The van der Waals surface area contributed by atoms with Crippen LogP contribution in [0.5, 0.6) is 0 Å². The van der Waals surface area contributed by atoms with Gasteiger partial charge >= 0.3 is 0 Å². The van der Waals surface area contributed by atoms with Crippen molar-refractivity contribution in [3.63, 3.8) is 0 Å². The van der Waals surface area contributed by atoms with Gasteiger partial charge in [0.15, 0.2) is 0 Å². The summed E-state index contributed by atoms with van der Waals surface area (Å²) in [5.74, 6) is 0.153. The van der Waals surface area contributed by atoms with Crippen LogP contribution >= 0.6 is 15.9 Å². The second-order valence-electron chi connectivity index (χ2n) is 6.91. The molecule has 1 heterocycles. The molecule has 30 heavy (non-hydrogen) atoms. The number of nitrogens with two attached hydrogens (primary N) is 1. The van der Waals surface area contributed by atoms with Crippen molar-refractivity contribution >= 4 is 33.5 Å². The molecular formula is C24H21BrN4O. The summed E-state index contributed by atoms with van der Waals surface area (Å²) < 4.78 is 2.69. The molecule has 3 aromatic carbocycles. The van der Waals surface area contributed by atoms with Gasteiger partial charge in [-0.1, -0.05) is 82.7 Å². The first-order valence-corrected chi connectivity index (χ1v) is 10.4. The molecule has 6 heteroatoms. The topological polar surface area (TPSA) is 72.9 Å². The lowest BCUT2D eigenvalue weighted by Gasteiger charge is -2.13. The normalized spacial score (nSPS) is 10.7. The number of aromatic nitrogens is 2. The maximum Gasteiger partial charge on any atom is 0.244 e. The number of carbonyl (C=O) groups excluding carboxylic acids is 1. The van der Waals surface area contributed by atoms with Crippen molar-refractivity contribution in [2.75, 3.05) is 11.1 Å². The van der Waals surface area contributed by atoms with Crippen LogP contribution < -0.4 is 11.1 Å². The van der Waals surface area contributed by atoms with E-state index in [0.29, 0.717) is 12.4 Å². The lowest BCUT2D eigenvalue weighted by atomic mass is 10.0. The van der Waals surface area contributed by atoms with Crippen LogP contribution in [0.1, 0.15) is 11.3 Å². The van der Waals surface area contributed by atoms with Crippen molar-refractivity contribution in [2.45, 2.75) is 13.0 Å². The Bertz CT molecular complexity index is 1160. The number of rotatable bonds is 6. The van der Waals surface area contributed by atoms with Gasteiger partial charge in [0.25, 0.3) is 0 Å². The fraction of sp³-hybridized carbons (Fsp3) is 0.0833. The molecule has 3 N–H and O–H groups in total. The molecule has 0 aliphatic rings. The molecule has 0 saturated heterocycles. The van der Waals surface area contributed by atoms with Gasteiger partial charge in [-0.15, -0.1) is 0 Å². The standard InChI is InChI=1S/C24H21BrN4O/c25-20-14-8-7-13-19(20)23-21(15-17-9-3-1-4-10-17)28-24(26)29(23)16-22(30)27-18-11-5-2-6-12-18/h1-14H,15-16H2,(H2,26,28)(H,27,30). The quantitative estimate of drug-likeness (QED) is 0.419. The Morgan fingerprint density at radius 1 is 0.933 bits per heavy atom. The molecule has 0 atom stereocenters. The fourth-order valence-corrected chi connectivity index (χ4v) is 3.89. The van der Waals surface area contributed by atoms with E-state index in [1.807, 2.05) is 72.8 Å². The largest absolute Gasteiger partial charge is 0.369 e. The Balaban J connectivity index is 1.72. The molecule has 0 aliphatic carbocycles. The first kappa shape index (κ1) is 19.9. The molecule has 4 rings (SSSR count). The summed E-state index contributed by atoms with van der Waals surface area (Å²) in [6.07, 6.45) is 0.620. The van der Waals surface area contributed by atoms with E-state index in [1.165, 1.54) is 0 Å². The van der Waals surface area contributed by atoms with E-state index in [2.05, 4.69) is 38.4 Å². The Kier molecular flexibility index (Phi) is 5.95. The summed E-state index contributed by atoms with van der Waals surface area (Å²) in [4.78, 5) is 17.4. The maximum atomic E-state index is 12.7. The average Bonchev–Trinajstić information content (AvgIpc) is 3.04. The highest BCUT2D eigenvalue weighted by Gasteiger charge is 2.21. The van der Waals surface area contributed by atoms with Crippen LogP contribution in [0.3, 0.4) is 0 Å². The third kappa shape index (κ3) is 4.44. The molecule has 0 bridgehead atoms. The van der Waals surface area contributed by atoms with Crippen molar-refractivity contribution in [1.82, 2.24) is 9.55 Å². The van der Waals surface area contributed by atoms with Crippen LogP contribution in [0.25, 0.3) is 11.3 Å². The monoisotopic (exact) mass is 460 g/mol. The Hall–Kier alpha value is -3.38. The minimum Gasteiger partial charge on any atom is -0.369 e. The number of nitrogen functional groups attached to an aromatic ring is 1. The number of nitrogens with zero attached hydrogens (tertiary/aromatic N) is 2. The summed E-state index contributed by atoms with van der Waals surface area (Å²) in [5.41, 5.74) is 10.8. The molecule has 0 saturated carbocycles. The minimum atomic E-state index is -0.162. The van der Waals surface area contributed by atoms with Gasteiger partial charge in [-0.25, -0.2) is 4.98 Å². The molecule has 0 unspecified atom stereocenters. The molecule has 1 aromatic heterocycles. The van der Waals surface area contributed by atoms with Crippen LogP contribution in [-0.2, 0) is 17.8 Å². The molecule has 5 nitrogen and oxygen atoms in total. The molecule has 0 spiro atoms.